The first-order valence-electron chi connectivity index (χ1n) is 13.5. The van der Waals surface area contributed by atoms with Crippen LogP contribution in [-0.4, -0.2) is 32.6 Å². The molecule has 0 radical (unpaired) electrons. The number of nitrogens with one attached hydrogen (secondary N) is 1. The molecule has 6 nitrogen and oxygen atoms in total. The number of hydrogen-bond donors (Lipinski definition) is 1. The zero-order chi connectivity index (χ0) is 28.8. The molecule has 1 heterocycles. The third-order valence-electron chi connectivity index (χ3n) is 6.69. The first-order chi connectivity index (χ1) is 19.8. The van der Waals surface area contributed by atoms with E-state index in [0.29, 0.717) is 5.16 Å². The van der Waals surface area contributed by atoms with Crippen molar-refractivity contribution in [2.75, 3.05) is 5.75 Å². The van der Waals surface area contributed by atoms with Gasteiger partial charge in [0.25, 0.3) is 5.91 Å². The number of amides is 1. The van der Waals surface area contributed by atoms with Crippen molar-refractivity contribution in [3.8, 4) is 28.2 Å². The summed E-state index contributed by atoms with van der Waals surface area (Å²) >= 11 is 1.33. The van der Waals surface area contributed by atoms with E-state index >= 15 is 0 Å². The normalized spacial score (nSPS) is 11.6. The zero-order valence-corrected chi connectivity index (χ0v) is 24.5. The number of hydrogen-bond acceptors (Lipinski definition) is 5. The summed E-state index contributed by atoms with van der Waals surface area (Å²) in [4.78, 5) is 12.6. The molecule has 0 saturated heterocycles. The van der Waals surface area contributed by atoms with Gasteiger partial charge in [-0.1, -0.05) is 129 Å². The number of aryl methyl sites for hydroxylation is 1. The molecule has 0 aliphatic heterocycles. The Morgan fingerprint density at radius 1 is 0.829 bits per heavy atom. The van der Waals surface area contributed by atoms with Gasteiger partial charge in [-0.05, 0) is 46.7 Å². The number of hydrazone groups is 1. The van der Waals surface area contributed by atoms with E-state index in [0.717, 1.165) is 33.8 Å². The maximum atomic E-state index is 12.6. The van der Waals surface area contributed by atoms with Crippen molar-refractivity contribution in [3.63, 3.8) is 0 Å². The van der Waals surface area contributed by atoms with Crippen LogP contribution in [0.5, 0.6) is 0 Å². The molecule has 1 amide bonds. The fraction of sp³-hybridized carbons (Fsp3) is 0.176. The number of carbonyl (C=O) groups excluding carboxylic acids is 1. The van der Waals surface area contributed by atoms with Crippen LogP contribution in [0.2, 0.25) is 0 Å². The number of thioether (sulfide) groups is 1. The van der Waals surface area contributed by atoms with Crippen LogP contribution in [0.1, 0.15) is 37.5 Å². The summed E-state index contributed by atoms with van der Waals surface area (Å²) in [7, 11) is 0. The Morgan fingerprint density at radius 3 is 2.12 bits per heavy atom. The van der Waals surface area contributed by atoms with Crippen LogP contribution in [-0.2, 0) is 10.2 Å². The van der Waals surface area contributed by atoms with Gasteiger partial charge < -0.3 is 0 Å². The second kappa shape index (κ2) is 12.4. The predicted octanol–water partition coefficient (Wildman–Crippen LogP) is 7.45. The molecule has 0 unspecified atom stereocenters. The fourth-order valence-corrected chi connectivity index (χ4v) is 5.07. The van der Waals surface area contributed by atoms with Gasteiger partial charge in [0.05, 0.1) is 12.0 Å². The minimum Gasteiger partial charge on any atom is -0.272 e. The Bertz CT molecular complexity index is 1630. The van der Waals surface area contributed by atoms with Gasteiger partial charge in [-0.15, -0.1) is 10.2 Å². The van der Waals surface area contributed by atoms with Crippen molar-refractivity contribution in [3.05, 3.63) is 120 Å². The van der Waals surface area contributed by atoms with E-state index < -0.39 is 0 Å². The molecule has 5 rings (SSSR count). The van der Waals surface area contributed by atoms with Gasteiger partial charge in [-0.2, -0.15) is 5.10 Å². The summed E-state index contributed by atoms with van der Waals surface area (Å²) in [5.41, 5.74) is 10.2. The maximum Gasteiger partial charge on any atom is 0.250 e. The second-order valence-electron chi connectivity index (χ2n) is 10.9. The van der Waals surface area contributed by atoms with E-state index in [2.05, 4.69) is 97.0 Å². The highest BCUT2D eigenvalue weighted by atomic mass is 32.2. The molecule has 206 valence electrons. The van der Waals surface area contributed by atoms with Gasteiger partial charge in [-0.25, -0.2) is 5.43 Å². The number of carbonyl (C=O) groups is 1. The quantitative estimate of drug-likeness (QED) is 0.122. The largest absolute Gasteiger partial charge is 0.272 e. The van der Waals surface area contributed by atoms with E-state index in [-0.39, 0.29) is 17.1 Å². The highest BCUT2D eigenvalue weighted by Gasteiger charge is 2.19. The lowest BCUT2D eigenvalue weighted by Crippen LogP contribution is -2.20. The van der Waals surface area contributed by atoms with E-state index in [1.807, 2.05) is 59.2 Å². The predicted molar refractivity (Wildman–Crippen MR) is 169 cm³/mol. The Morgan fingerprint density at radius 2 is 1.46 bits per heavy atom. The average molecular weight is 560 g/mol. The number of rotatable bonds is 8. The molecule has 0 fully saturated rings. The third kappa shape index (κ3) is 6.99. The van der Waals surface area contributed by atoms with Crippen LogP contribution >= 0.6 is 11.8 Å². The topological polar surface area (TPSA) is 72.2 Å². The van der Waals surface area contributed by atoms with Crippen LogP contribution in [0.25, 0.3) is 28.2 Å². The van der Waals surface area contributed by atoms with Crippen LogP contribution in [0, 0.1) is 6.92 Å². The average Bonchev–Trinajstić information content (AvgIpc) is 3.41. The number of aromatic nitrogens is 3. The van der Waals surface area contributed by atoms with Crippen molar-refractivity contribution in [2.45, 2.75) is 38.3 Å². The third-order valence-corrected chi connectivity index (χ3v) is 7.62. The minimum absolute atomic E-state index is 0.0611. The van der Waals surface area contributed by atoms with Crippen LogP contribution in [0.15, 0.2) is 113 Å². The van der Waals surface area contributed by atoms with Gasteiger partial charge >= 0.3 is 0 Å². The van der Waals surface area contributed by atoms with E-state index in [4.69, 9.17) is 0 Å². The summed E-state index contributed by atoms with van der Waals surface area (Å²) in [6.07, 6.45) is 1.64. The highest BCUT2D eigenvalue weighted by molar-refractivity contribution is 7.99. The lowest BCUT2D eigenvalue weighted by Gasteiger charge is -2.19. The maximum absolute atomic E-state index is 12.6. The molecule has 41 heavy (non-hydrogen) atoms. The van der Waals surface area contributed by atoms with E-state index in [1.165, 1.54) is 22.9 Å². The van der Waals surface area contributed by atoms with Gasteiger partial charge in [0.2, 0.25) is 0 Å². The molecule has 0 spiro atoms. The SMILES string of the molecule is Cc1ccc(-n2c(SCC(=O)N/N=C/c3ccc(-c4ccccc4)cc3)nnc2-c2ccc(C(C)(C)C)cc2)cc1. The van der Waals surface area contributed by atoms with Crippen molar-refractivity contribution < 1.29 is 4.79 Å². The van der Waals surface area contributed by atoms with Crippen molar-refractivity contribution in [1.82, 2.24) is 20.2 Å². The zero-order valence-electron chi connectivity index (χ0n) is 23.7. The van der Waals surface area contributed by atoms with Gasteiger partial charge in [0.1, 0.15) is 0 Å². The van der Waals surface area contributed by atoms with E-state index in [9.17, 15) is 4.79 Å². The fourth-order valence-electron chi connectivity index (χ4n) is 4.33. The molecular weight excluding hydrogens is 526 g/mol. The van der Waals surface area contributed by atoms with Gasteiger partial charge in [0.15, 0.2) is 11.0 Å². The molecule has 1 aromatic heterocycles. The monoisotopic (exact) mass is 559 g/mol. The summed E-state index contributed by atoms with van der Waals surface area (Å²) in [5, 5.41) is 13.8. The molecule has 5 aromatic rings. The molecule has 0 saturated carbocycles. The molecule has 0 aliphatic rings. The van der Waals surface area contributed by atoms with E-state index in [1.54, 1.807) is 6.21 Å². The molecule has 4 aromatic carbocycles. The standard InChI is InChI=1S/C34H33N5OS/c1-24-10-20-30(21-11-24)39-32(28-16-18-29(19-17-28)34(2,3)4)37-38-33(39)41-23-31(40)36-35-22-25-12-14-27(15-13-25)26-8-6-5-7-9-26/h5-22H,23H2,1-4H3,(H,36,40)/b35-22+. The summed E-state index contributed by atoms with van der Waals surface area (Å²) in [5.74, 6) is 0.660. The lowest BCUT2D eigenvalue weighted by molar-refractivity contribution is -0.118. The Hall–Kier alpha value is -4.49. The molecule has 0 atom stereocenters. The first kappa shape index (κ1) is 28.1. The Balaban J connectivity index is 1.27. The first-order valence-corrected chi connectivity index (χ1v) is 14.5. The second-order valence-corrected chi connectivity index (χ2v) is 11.8. The number of nitrogens with zero attached hydrogens (tertiary/aromatic N) is 4. The Kier molecular flexibility index (Phi) is 8.45. The van der Waals surface area contributed by atoms with Gasteiger partial charge in [-0.3, -0.25) is 9.36 Å². The summed E-state index contributed by atoms with van der Waals surface area (Å²) in [6, 6.07) is 34.9. The van der Waals surface area contributed by atoms with Crippen molar-refractivity contribution in [2.24, 2.45) is 5.10 Å². The number of benzene rings is 4. The van der Waals surface area contributed by atoms with Gasteiger partial charge in [0, 0.05) is 11.3 Å². The smallest absolute Gasteiger partial charge is 0.250 e. The van der Waals surface area contributed by atoms with Crippen molar-refractivity contribution in [1.29, 1.82) is 0 Å². The molecule has 0 aliphatic carbocycles. The van der Waals surface area contributed by atoms with Crippen LogP contribution in [0.4, 0.5) is 0 Å². The molecule has 1 N–H and O–H groups in total. The molecular formula is C34H33N5OS. The lowest BCUT2D eigenvalue weighted by atomic mass is 9.87. The highest BCUT2D eigenvalue weighted by Crippen LogP contribution is 2.30. The van der Waals surface area contributed by atoms with Crippen LogP contribution in [0.3, 0.4) is 0 Å². The molecule has 0 bridgehead atoms. The summed E-state index contributed by atoms with van der Waals surface area (Å²) < 4.78 is 2.00. The summed E-state index contributed by atoms with van der Waals surface area (Å²) in [6.45, 7) is 8.65. The van der Waals surface area contributed by atoms with Crippen LogP contribution < -0.4 is 5.43 Å². The van der Waals surface area contributed by atoms with Crippen molar-refractivity contribution >= 4 is 23.9 Å². The minimum atomic E-state index is -0.221. The molecule has 7 heteroatoms. The Labute approximate surface area is 245 Å².